The van der Waals surface area contributed by atoms with Crippen molar-refractivity contribution < 1.29 is 37.5 Å². The molecular weight excluding hydrogens is 829 g/mol. The minimum Gasteiger partial charge on any atom is -0.404 e. The molecule has 0 saturated carbocycles. The monoisotopic (exact) mass is 881 g/mol. The fourth-order valence-corrected chi connectivity index (χ4v) is 9.68. The van der Waals surface area contributed by atoms with Crippen LogP contribution in [0.5, 0.6) is 0 Å². The van der Waals surface area contributed by atoms with Gasteiger partial charge in [0.15, 0.2) is 5.82 Å². The van der Waals surface area contributed by atoms with Gasteiger partial charge in [-0.1, -0.05) is 6.07 Å². The van der Waals surface area contributed by atoms with Crippen molar-refractivity contribution in [3.63, 3.8) is 0 Å². The molecule has 5 aliphatic rings. The van der Waals surface area contributed by atoms with Crippen molar-refractivity contribution in [3.8, 4) is 0 Å². The van der Waals surface area contributed by atoms with E-state index in [9.17, 15) is 37.5 Å². The maximum absolute atomic E-state index is 14.7. The minimum atomic E-state index is -2.74. The molecule has 1 aromatic heterocycles. The third-order valence-corrected chi connectivity index (χ3v) is 12.9. The summed E-state index contributed by atoms with van der Waals surface area (Å²) in [6.07, 6.45) is 4.64. The Hall–Kier alpha value is -6.50. The van der Waals surface area contributed by atoms with E-state index in [0.717, 1.165) is 60.6 Å². The predicted molar refractivity (Wildman–Crippen MR) is 234 cm³/mol. The molecule has 19 heteroatoms. The first-order valence-electron chi connectivity index (χ1n) is 21.9. The number of alkyl halides is 2. The lowest BCUT2D eigenvalue weighted by molar-refractivity contribution is -0.136. The van der Waals surface area contributed by atoms with Crippen molar-refractivity contribution in [1.29, 1.82) is 0 Å². The van der Waals surface area contributed by atoms with Crippen molar-refractivity contribution >= 4 is 64.4 Å². The molecule has 8 rings (SSSR count). The molecule has 0 aliphatic carbocycles. The lowest BCUT2D eigenvalue weighted by Crippen LogP contribution is -2.54. The van der Waals surface area contributed by atoms with Gasteiger partial charge in [0.1, 0.15) is 6.04 Å². The van der Waals surface area contributed by atoms with Crippen LogP contribution in [0.25, 0.3) is 5.57 Å². The molecule has 1 unspecified atom stereocenters. The minimum absolute atomic E-state index is 0.0175. The van der Waals surface area contributed by atoms with E-state index in [1.807, 2.05) is 4.90 Å². The first-order chi connectivity index (χ1) is 30.9. The number of nitrogens with two attached hydrogens (primary N) is 1. The molecule has 0 radical (unpaired) electrons. The van der Waals surface area contributed by atoms with Crippen LogP contribution in [0.15, 0.2) is 41.5 Å². The molecule has 5 aliphatic heterocycles. The van der Waals surface area contributed by atoms with Crippen LogP contribution in [0.3, 0.4) is 0 Å². The Morgan fingerprint density at radius 1 is 1.03 bits per heavy atom. The Balaban J connectivity index is 0.877. The van der Waals surface area contributed by atoms with E-state index >= 15 is 0 Å². The molecule has 0 bridgehead atoms. The van der Waals surface area contributed by atoms with Gasteiger partial charge in [0.05, 0.1) is 30.3 Å². The lowest BCUT2D eigenvalue weighted by Gasteiger charge is -2.34. The summed E-state index contributed by atoms with van der Waals surface area (Å²) in [5.41, 5.74) is 10.7. The zero-order valence-corrected chi connectivity index (χ0v) is 36.0. The number of hydrogen-bond acceptors (Lipinski definition) is 12. The number of aliphatic imine (C=N–C) groups is 1. The summed E-state index contributed by atoms with van der Waals surface area (Å²) < 4.78 is 31.4. The Morgan fingerprint density at radius 2 is 1.83 bits per heavy atom. The Morgan fingerprint density at radius 3 is 2.55 bits per heavy atom. The molecule has 17 nitrogen and oxygen atoms in total. The van der Waals surface area contributed by atoms with E-state index in [4.69, 9.17) is 10.8 Å². The van der Waals surface area contributed by atoms with Gasteiger partial charge in [-0.2, -0.15) is 5.10 Å². The number of carbonyl (C=O) groups is 6. The fourth-order valence-electron chi connectivity index (χ4n) is 9.68. The first kappa shape index (κ1) is 44.1. The molecule has 6 heterocycles. The third kappa shape index (κ3) is 8.59. The molecule has 2 fully saturated rings. The van der Waals surface area contributed by atoms with E-state index in [0.29, 0.717) is 73.8 Å². The molecule has 3 aromatic rings. The number of imide groups is 2. The third-order valence-electron chi connectivity index (χ3n) is 12.9. The second kappa shape index (κ2) is 18.7. The number of aryl methyl sites for hydroxylation is 1. The Labute approximate surface area is 369 Å². The second-order valence-electron chi connectivity index (χ2n) is 16.8. The van der Waals surface area contributed by atoms with Crippen molar-refractivity contribution in [1.82, 2.24) is 35.1 Å². The van der Waals surface area contributed by atoms with Crippen LogP contribution in [-0.4, -0.2) is 125 Å². The molecule has 338 valence electrons. The summed E-state index contributed by atoms with van der Waals surface area (Å²) in [6, 6.07) is 7.09. The van der Waals surface area contributed by atoms with E-state index in [2.05, 4.69) is 35.4 Å². The molecule has 6 amide bonds. The number of anilines is 3. The summed E-state index contributed by atoms with van der Waals surface area (Å²) in [5, 5.41) is 13.3. The van der Waals surface area contributed by atoms with Gasteiger partial charge in [0.25, 0.3) is 18.2 Å². The molecule has 5 N–H and O–H groups in total. The zero-order chi connectivity index (χ0) is 45.2. The topological polar surface area (TPSA) is 208 Å². The number of carbonyl (C=O) groups excluding carboxylic acids is 6. The van der Waals surface area contributed by atoms with E-state index in [1.165, 1.54) is 18.5 Å². The van der Waals surface area contributed by atoms with Crippen LogP contribution in [0.2, 0.25) is 0 Å². The molecule has 0 spiro atoms. The number of aromatic nitrogens is 2. The number of piperidine rings is 2. The van der Waals surface area contributed by atoms with E-state index in [1.54, 1.807) is 38.2 Å². The van der Waals surface area contributed by atoms with Gasteiger partial charge in [0, 0.05) is 106 Å². The van der Waals surface area contributed by atoms with Gasteiger partial charge in [-0.15, -0.1) is 0 Å². The van der Waals surface area contributed by atoms with Gasteiger partial charge < -0.3 is 31.1 Å². The van der Waals surface area contributed by atoms with E-state index < -0.39 is 36.1 Å². The first-order valence-corrected chi connectivity index (χ1v) is 21.9. The number of allylic oxidation sites excluding steroid dienone is 1. The van der Waals surface area contributed by atoms with Crippen molar-refractivity contribution in [2.24, 2.45) is 10.7 Å². The summed E-state index contributed by atoms with van der Waals surface area (Å²) in [7, 11) is 1.57. The van der Waals surface area contributed by atoms with Gasteiger partial charge in [-0.25, -0.2) is 8.78 Å². The van der Waals surface area contributed by atoms with Gasteiger partial charge >= 0.3 is 0 Å². The highest BCUT2D eigenvalue weighted by molar-refractivity contribution is 6.25. The van der Waals surface area contributed by atoms with Crippen molar-refractivity contribution in [2.75, 3.05) is 63.1 Å². The molecule has 1 atom stereocenters. The number of fused-ring (bicyclic) bond motifs is 3. The van der Waals surface area contributed by atoms with Crippen LogP contribution in [-0.2, 0) is 38.6 Å². The van der Waals surface area contributed by atoms with Crippen LogP contribution in [0, 0.1) is 0 Å². The number of nitrogens with one attached hydrogen (secondary N) is 3. The molecule has 2 aromatic carbocycles. The molecular formula is C45H53F2N11O6. The average molecular weight is 882 g/mol. The number of rotatable bonds is 13. The van der Waals surface area contributed by atoms with Gasteiger partial charge in [0.2, 0.25) is 23.6 Å². The highest BCUT2D eigenvalue weighted by Crippen LogP contribution is 2.43. The van der Waals surface area contributed by atoms with Crippen LogP contribution < -0.4 is 26.6 Å². The SMILES string of the molecule is CN=C/C(=C\N)c1cc2c(cc1C(F)F)N(c1nn(C3CCN(CCCNC(=O)CNc4cccc5c4C(=O)N(C4CCC(=O)NC4=O)C5=O)CC3)c3c1CN(C(C)=O)CC3)CCC2. The quantitative estimate of drug-likeness (QED) is 0.111. The molecule has 64 heavy (non-hydrogen) atoms. The van der Waals surface area contributed by atoms with Gasteiger partial charge in [-0.3, -0.25) is 48.7 Å². The van der Waals surface area contributed by atoms with Crippen LogP contribution >= 0.6 is 0 Å². The summed E-state index contributed by atoms with van der Waals surface area (Å²) in [6.45, 7) is 5.82. The normalized spacial score (nSPS) is 19.6. The van der Waals surface area contributed by atoms with Crippen LogP contribution in [0.1, 0.15) is 107 Å². The Kier molecular flexibility index (Phi) is 12.9. The highest BCUT2D eigenvalue weighted by Gasteiger charge is 2.46. The fraction of sp³-hybridized carbons (Fsp3) is 0.467. The zero-order valence-electron chi connectivity index (χ0n) is 36.0. The second-order valence-corrected chi connectivity index (χ2v) is 16.8. The number of hydrogen-bond donors (Lipinski definition) is 4. The maximum Gasteiger partial charge on any atom is 0.264 e. The predicted octanol–water partition coefficient (Wildman–Crippen LogP) is 3.47. The van der Waals surface area contributed by atoms with Crippen molar-refractivity contribution in [3.05, 3.63) is 75.6 Å². The number of likely N-dealkylation sites (tertiary alicyclic amines) is 1. The highest BCUT2D eigenvalue weighted by atomic mass is 19.3. The average Bonchev–Trinajstić information content (AvgIpc) is 3.79. The summed E-state index contributed by atoms with van der Waals surface area (Å²) in [4.78, 5) is 87.3. The number of nitrogens with zero attached hydrogens (tertiary/aromatic N) is 7. The standard InChI is InChI=1S/C45H53F2N11O6/c1-26(59)55-19-13-35-33(25-55)42(56-16-4-6-27-20-31(28(22-48)23-49-2)32(41(46)47)21-37(27)56)53-58(35)29-11-17-54(18-12-29)15-5-14-50-39(61)24-51-34-8-3-7-30-40(34)45(64)57(44(30)63)36-9-10-38(60)52-43(36)62/h3,7-8,20-23,29,36,41,51H,4-6,9-19,24-25,48H2,1-2H3,(H,50,61)(H,52,60,62)/b28-22+,49-23?. The Bertz CT molecular complexity index is 2440. The number of amides is 6. The largest absolute Gasteiger partial charge is 0.404 e. The van der Waals surface area contributed by atoms with Gasteiger partial charge in [-0.05, 0) is 80.5 Å². The lowest BCUT2D eigenvalue weighted by atomic mass is 9.92. The number of halogens is 2. The summed E-state index contributed by atoms with van der Waals surface area (Å²) >= 11 is 0. The van der Waals surface area contributed by atoms with Crippen LogP contribution in [0.4, 0.5) is 26.0 Å². The smallest absolute Gasteiger partial charge is 0.264 e. The molecule has 2 saturated heterocycles. The van der Waals surface area contributed by atoms with E-state index in [-0.39, 0.29) is 53.9 Å². The summed E-state index contributed by atoms with van der Waals surface area (Å²) in [5.74, 6) is -2.03. The van der Waals surface area contributed by atoms with Crippen molar-refractivity contribution in [2.45, 2.75) is 83.3 Å². The maximum atomic E-state index is 14.7. The number of benzene rings is 2.